The lowest BCUT2D eigenvalue weighted by molar-refractivity contribution is 0.156. The van der Waals surface area contributed by atoms with Gasteiger partial charge in [-0.3, -0.25) is 5.32 Å². The molecule has 0 spiro atoms. The van der Waals surface area contributed by atoms with Crippen LogP contribution in [0, 0.1) is 0 Å². The van der Waals surface area contributed by atoms with Crippen molar-refractivity contribution in [2.45, 2.75) is 20.3 Å². The Morgan fingerprint density at radius 2 is 2.30 bits per heavy atom. The number of allylic oxidation sites excluding steroid dienone is 1. The normalized spacial score (nSPS) is 9.80. The van der Waals surface area contributed by atoms with Gasteiger partial charge in [-0.25, -0.2) is 4.79 Å². The van der Waals surface area contributed by atoms with E-state index in [-0.39, 0.29) is 0 Å². The Bertz CT molecular complexity index is 121. The number of carbonyl (C=O) groups is 1. The van der Waals surface area contributed by atoms with Crippen molar-refractivity contribution in [3.05, 3.63) is 12.3 Å². The van der Waals surface area contributed by atoms with Gasteiger partial charge in [-0.2, -0.15) is 0 Å². The van der Waals surface area contributed by atoms with Gasteiger partial charge in [0.25, 0.3) is 0 Å². The smallest absolute Gasteiger partial charge is 0.411 e. The van der Waals surface area contributed by atoms with E-state index in [0.717, 1.165) is 6.42 Å². The molecular formula is C7H13NO2. The van der Waals surface area contributed by atoms with Crippen LogP contribution in [0.2, 0.25) is 0 Å². The zero-order valence-corrected chi connectivity index (χ0v) is 6.39. The van der Waals surface area contributed by atoms with Gasteiger partial charge < -0.3 is 4.74 Å². The number of alkyl carbamates (subject to hydrolysis) is 1. The zero-order valence-electron chi connectivity index (χ0n) is 6.39. The second-order valence-corrected chi connectivity index (χ2v) is 1.68. The van der Waals surface area contributed by atoms with E-state index in [1.807, 2.05) is 13.0 Å². The Labute approximate surface area is 61.1 Å². The first-order valence-electron chi connectivity index (χ1n) is 3.39. The number of amides is 1. The van der Waals surface area contributed by atoms with E-state index < -0.39 is 6.09 Å². The Morgan fingerprint density at radius 1 is 1.60 bits per heavy atom. The monoisotopic (exact) mass is 143 g/mol. The molecule has 3 heteroatoms. The highest BCUT2D eigenvalue weighted by molar-refractivity contribution is 5.68. The second kappa shape index (κ2) is 6.13. The fourth-order valence-electron chi connectivity index (χ4n) is 0.418. The van der Waals surface area contributed by atoms with Gasteiger partial charge in [0.2, 0.25) is 0 Å². The molecule has 0 rings (SSSR count). The van der Waals surface area contributed by atoms with Crippen LogP contribution < -0.4 is 5.32 Å². The molecule has 0 atom stereocenters. The van der Waals surface area contributed by atoms with Crippen LogP contribution in [-0.2, 0) is 4.74 Å². The van der Waals surface area contributed by atoms with Crippen LogP contribution >= 0.6 is 0 Å². The minimum atomic E-state index is -0.396. The van der Waals surface area contributed by atoms with Gasteiger partial charge in [-0.05, 0) is 13.3 Å². The maximum absolute atomic E-state index is 10.5. The van der Waals surface area contributed by atoms with Gasteiger partial charge in [0.15, 0.2) is 0 Å². The standard InChI is InChI=1S/C7H13NO2/c1-3-5-6-8-7(9)10-4-2/h5-6H,3-4H2,1-2H3,(H,8,9). The van der Waals surface area contributed by atoms with Crippen LogP contribution in [0.15, 0.2) is 12.3 Å². The van der Waals surface area contributed by atoms with E-state index in [4.69, 9.17) is 0 Å². The number of rotatable bonds is 3. The summed E-state index contributed by atoms with van der Waals surface area (Å²) in [5, 5.41) is 2.44. The van der Waals surface area contributed by atoms with Gasteiger partial charge in [-0.15, -0.1) is 0 Å². The lowest BCUT2D eigenvalue weighted by Crippen LogP contribution is -2.17. The molecule has 1 amide bonds. The fraction of sp³-hybridized carbons (Fsp3) is 0.571. The summed E-state index contributed by atoms with van der Waals surface area (Å²) < 4.78 is 4.59. The lowest BCUT2D eigenvalue weighted by atomic mass is 10.5. The third kappa shape index (κ3) is 5.15. The molecule has 0 bridgehead atoms. The van der Waals surface area contributed by atoms with Crippen LogP contribution in [0.25, 0.3) is 0 Å². The molecule has 1 N–H and O–H groups in total. The molecule has 0 saturated carbocycles. The Balaban J connectivity index is 3.30. The summed E-state index contributed by atoms with van der Waals surface area (Å²) in [4.78, 5) is 10.5. The van der Waals surface area contributed by atoms with Gasteiger partial charge in [0.05, 0.1) is 6.61 Å². The van der Waals surface area contributed by atoms with Crippen LogP contribution in [-0.4, -0.2) is 12.7 Å². The lowest BCUT2D eigenvalue weighted by Gasteiger charge is -1.97. The molecule has 0 fully saturated rings. The van der Waals surface area contributed by atoms with Crippen molar-refractivity contribution in [1.29, 1.82) is 0 Å². The van der Waals surface area contributed by atoms with Crippen molar-refractivity contribution in [3.8, 4) is 0 Å². The van der Waals surface area contributed by atoms with E-state index in [9.17, 15) is 4.79 Å². The predicted molar refractivity (Wildman–Crippen MR) is 39.6 cm³/mol. The molecule has 0 unspecified atom stereocenters. The average Bonchev–Trinajstić information content (AvgIpc) is 1.89. The summed E-state index contributed by atoms with van der Waals surface area (Å²) >= 11 is 0. The van der Waals surface area contributed by atoms with Crippen molar-refractivity contribution in [1.82, 2.24) is 5.32 Å². The molecule has 0 aromatic rings. The minimum Gasteiger partial charge on any atom is -0.450 e. The first-order valence-corrected chi connectivity index (χ1v) is 3.39. The fourth-order valence-corrected chi connectivity index (χ4v) is 0.418. The summed E-state index contributed by atoms with van der Waals surface area (Å²) in [7, 11) is 0. The highest BCUT2D eigenvalue weighted by Crippen LogP contribution is 1.78. The quantitative estimate of drug-likeness (QED) is 0.652. The zero-order chi connectivity index (χ0) is 7.82. The Hall–Kier alpha value is -0.990. The third-order valence-electron chi connectivity index (χ3n) is 0.830. The number of nitrogens with one attached hydrogen (secondary N) is 1. The number of hydrogen-bond donors (Lipinski definition) is 1. The average molecular weight is 143 g/mol. The highest BCUT2D eigenvalue weighted by Gasteiger charge is 1.92. The van der Waals surface area contributed by atoms with Crippen LogP contribution in [0.5, 0.6) is 0 Å². The summed E-state index contributed by atoms with van der Waals surface area (Å²) in [6.07, 6.45) is 3.94. The van der Waals surface area contributed by atoms with E-state index in [2.05, 4.69) is 10.1 Å². The topological polar surface area (TPSA) is 38.3 Å². The largest absolute Gasteiger partial charge is 0.450 e. The predicted octanol–water partition coefficient (Wildman–Crippen LogP) is 1.66. The molecule has 0 aliphatic rings. The van der Waals surface area contributed by atoms with Gasteiger partial charge in [0, 0.05) is 6.20 Å². The second-order valence-electron chi connectivity index (χ2n) is 1.68. The third-order valence-corrected chi connectivity index (χ3v) is 0.830. The number of carbonyl (C=O) groups excluding carboxylic acids is 1. The number of hydrogen-bond acceptors (Lipinski definition) is 2. The van der Waals surface area contributed by atoms with Crippen molar-refractivity contribution in [3.63, 3.8) is 0 Å². The summed E-state index contributed by atoms with van der Waals surface area (Å²) in [6, 6.07) is 0. The number of ether oxygens (including phenoxy) is 1. The molecule has 10 heavy (non-hydrogen) atoms. The van der Waals surface area contributed by atoms with Gasteiger partial charge >= 0.3 is 6.09 Å². The van der Waals surface area contributed by atoms with Crippen molar-refractivity contribution >= 4 is 6.09 Å². The molecule has 0 heterocycles. The SMILES string of the molecule is CCC=CNC(=O)OCC. The minimum absolute atomic E-state index is 0.396. The van der Waals surface area contributed by atoms with Crippen molar-refractivity contribution < 1.29 is 9.53 Å². The molecule has 3 nitrogen and oxygen atoms in total. The Kier molecular flexibility index (Phi) is 5.53. The van der Waals surface area contributed by atoms with Crippen LogP contribution in [0.1, 0.15) is 20.3 Å². The van der Waals surface area contributed by atoms with Gasteiger partial charge in [0.1, 0.15) is 0 Å². The van der Waals surface area contributed by atoms with E-state index in [1.54, 1.807) is 13.1 Å². The molecular weight excluding hydrogens is 130 g/mol. The summed E-state index contributed by atoms with van der Waals surface area (Å²) in [5.41, 5.74) is 0. The van der Waals surface area contributed by atoms with Crippen LogP contribution in [0.4, 0.5) is 4.79 Å². The van der Waals surface area contributed by atoms with Gasteiger partial charge in [-0.1, -0.05) is 13.0 Å². The molecule has 0 aliphatic carbocycles. The molecule has 0 radical (unpaired) electrons. The van der Waals surface area contributed by atoms with E-state index in [0.29, 0.717) is 6.61 Å². The first-order chi connectivity index (χ1) is 4.81. The first kappa shape index (κ1) is 9.01. The molecule has 0 aromatic heterocycles. The maximum Gasteiger partial charge on any atom is 0.411 e. The summed E-state index contributed by atoms with van der Waals surface area (Å²) in [6.45, 7) is 4.16. The maximum atomic E-state index is 10.5. The van der Waals surface area contributed by atoms with Crippen LogP contribution in [0.3, 0.4) is 0 Å². The van der Waals surface area contributed by atoms with Crippen molar-refractivity contribution in [2.24, 2.45) is 0 Å². The highest BCUT2D eigenvalue weighted by atomic mass is 16.5. The molecule has 58 valence electrons. The van der Waals surface area contributed by atoms with Crippen molar-refractivity contribution in [2.75, 3.05) is 6.61 Å². The molecule has 0 saturated heterocycles. The summed E-state index contributed by atoms with van der Waals surface area (Å²) in [5.74, 6) is 0. The van der Waals surface area contributed by atoms with E-state index in [1.165, 1.54) is 0 Å². The molecule has 0 aromatic carbocycles. The Morgan fingerprint density at radius 3 is 2.80 bits per heavy atom. The van der Waals surface area contributed by atoms with E-state index >= 15 is 0 Å². The molecule has 0 aliphatic heterocycles.